The molecule has 0 radical (unpaired) electrons. The number of rotatable bonds is 1. The van der Waals surface area contributed by atoms with Crippen LogP contribution in [0.5, 0.6) is 0 Å². The molecule has 0 N–H and O–H groups in total. The molecule has 0 amide bonds. The second kappa shape index (κ2) is 4.83. The van der Waals surface area contributed by atoms with E-state index in [9.17, 15) is 0 Å². The van der Waals surface area contributed by atoms with Crippen LogP contribution in [0.1, 0.15) is 30.0 Å². The van der Waals surface area contributed by atoms with Crippen LogP contribution in [0, 0.1) is 6.92 Å². The molecule has 106 valence electrons. The van der Waals surface area contributed by atoms with E-state index in [0.717, 1.165) is 34.1 Å². The van der Waals surface area contributed by atoms with Crippen LogP contribution >= 0.6 is 22.9 Å². The van der Waals surface area contributed by atoms with E-state index < -0.39 is 0 Å². The van der Waals surface area contributed by atoms with Crippen molar-refractivity contribution in [3.63, 3.8) is 0 Å². The second-order valence-corrected chi connectivity index (χ2v) is 7.34. The smallest absolute Gasteiger partial charge is 0.124 e. The number of halogens is 1. The summed E-state index contributed by atoms with van der Waals surface area (Å²) < 4.78 is 0. The van der Waals surface area contributed by atoms with Crippen molar-refractivity contribution in [3.8, 4) is 10.6 Å². The highest BCUT2D eigenvalue weighted by Crippen LogP contribution is 2.41. The van der Waals surface area contributed by atoms with Gasteiger partial charge in [0.25, 0.3) is 0 Å². The lowest BCUT2D eigenvalue weighted by Gasteiger charge is -2.38. The van der Waals surface area contributed by atoms with Gasteiger partial charge in [0.15, 0.2) is 0 Å². The maximum Gasteiger partial charge on any atom is 0.124 e. The molecule has 0 fully saturated rings. The van der Waals surface area contributed by atoms with Gasteiger partial charge < -0.3 is 0 Å². The van der Waals surface area contributed by atoms with Gasteiger partial charge in [-0.15, -0.1) is 11.3 Å². The monoisotopic (exact) mass is 306 g/mol. The van der Waals surface area contributed by atoms with Crippen molar-refractivity contribution in [2.24, 2.45) is 0 Å². The van der Waals surface area contributed by atoms with Crippen LogP contribution in [-0.4, -0.2) is 23.5 Å². The van der Waals surface area contributed by atoms with Crippen molar-refractivity contribution in [2.45, 2.75) is 32.7 Å². The van der Waals surface area contributed by atoms with Crippen LogP contribution in [0.2, 0.25) is 5.02 Å². The van der Waals surface area contributed by atoms with Gasteiger partial charge in [-0.05, 0) is 39.4 Å². The van der Waals surface area contributed by atoms with E-state index in [1.54, 1.807) is 0 Å². The molecule has 0 unspecified atom stereocenters. The van der Waals surface area contributed by atoms with Gasteiger partial charge in [0.1, 0.15) is 5.01 Å². The van der Waals surface area contributed by atoms with Crippen LogP contribution in [0.4, 0.5) is 0 Å². The highest BCUT2D eigenvalue weighted by Gasteiger charge is 2.35. The maximum absolute atomic E-state index is 6.24. The van der Waals surface area contributed by atoms with Gasteiger partial charge in [-0.2, -0.15) is 0 Å². The summed E-state index contributed by atoms with van der Waals surface area (Å²) in [5.74, 6) is 0. The Hall–Kier alpha value is -0.900. The molecule has 0 saturated heterocycles. The molecule has 20 heavy (non-hydrogen) atoms. The third-order valence-electron chi connectivity index (χ3n) is 4.39. The minimum absolute atomic E-state index is 0.0655. The molecule has 0 saturated carbocycles. The summed E-state index contributed by atoms with van der Waals surface area (Å²) in [4.78, 5) is 8.68. The molecule has 1 aromatic heterocycles. The zero-order valence-corrected chi connectivity index (χ0v) is 13.9. The molecule has 0 atom stereocenters. The lowest BCUT2D eigenvalue weighted by Crippen LogP contribution is -2.43. The predicted octanol–water partition coefficient (Wildman–Crippen LogP) is 4.49. The molecule has 1 aliphatic heterocycles. The van der Waals surface area contributed by atoms with Gasteiger partial charge in [-0.25, -0.2) is 4.98 Å². The Labute approximate surface area is 129 Å². The third kappa shape index (κ3) is 2.09. The number of benzene rings is 1. The van der Waals surface area contributed by atoms with Gasteiger partial charge in [-0.3, -0.25) is 4.90 Å². The molecular formula is C16H19ClN2S. The molecule has 0 aliphatic carbocycles. The van der Waals surface area contributed by atoms with Gasteiger partial charge >= 0.3 is 0 Å². The molecular weight excluding hydrogens is 288 g/mol. The van der Waals surface area contributed by atoms with Gasteiger partial charge in [0.05, 0.1) is 11.2 Å². The maximum atomic E-state index is 6.24. The highest BCUT2D eigenvalue weighted by atomic mass is 35.5. The van der Waals surface area contributed by atoms with E-state index in [2.05, 4.69) is 38.8 Å². The van der Waals surface area contributed by atoms with Crippen molar-refractivity contribution in [1.82, 2.24) is 9.88 Å². The zero-order chi connectivity index (χ0) is 14.5. The summed E-state index contributed by atoms with van der Waals surface area (Å²) in [6, 6.07) is 6.05. The van der Waals surface area contributed by atoms with Crippen LogP contribution in [0.15, 0.2) is 18.2 Å². The van der Waals surface area contributed by atoms with Gasteiger partial charge in [0.2, 0.25) is 0 Å². The largest absolute Gasteiger partial charge is 0.296 e. The fraction of sp³-hybridized carbons (Fsp3) is 0.438. The minimum atomic E-state index is 0.0655. The van der Waals surface area contributed by atoms with Crippen molar-refractivity contribution in [1.29, 1.82) is 0 Å². The van der Waals surface area contributed by atoms with E-state index in [-0.39, 0.29) is 5.54 Å². The molecule has 1 aromatic carbocycles. The molecule has 2 aromatic rings. The summed E-state index contributed by atoms with van der Waals surface area (Å²) in [5.41, 5.74) is 3.60. The zero-order valence-electron chi connectivity index (χ0n) is 12.3. The molecule has 0 spiro atoms. The first-order valence-electron chi connectivity index (χ1n) is 6.88. The van der Waals surface area contributed by atoms with Gasteiger partial charge in [-0.1, -0.05) is 23.7 Å². The van der Waals surface area contributed by atoms with Crippen molar-refractivity contribution in [3.05, 3.63) is 39.4 Å². The Morgan fingerprint density at radius 2 is 2.10 bits per heavy atom. The van der Waals surface area contributed by atoms with Crippen molar-refractivity contribution < 1.29 is 0 Å². The fourth-order valence-electron chi connectivity index (χ4n) is 2.68. The van der Waals surface area contributed by atoms with Crippen LogP contribution in [-0.2, 0) is 12.0 Å². The number of fused-ring (bicyclic) bond motifs is 1. The number of hydrogen-bond acceptors (Lipinski definition) is 3. The van der Waals surface area contributed by atoms with Crippen LogP contribution < -0.4 is 0 Å². The Morgan fingerprint density at radius 1 is 1.35 bits per heavy atom. The van der Waals surface area contributed by atoms with E-state index in [1.165, 1.54) is 10.6 Å². The van der Waals surface area contributed by atoms with E-state index >= 15 is 0 Å². The van der Waals surface area contributed by atoms with Crippen molar-refractivity contribution in [2.75, 3.05) is 13.6 Å². The number of thiazole rings is 1. The third-order valence-corrected chi connectivity index (χ3v) is 6.24. The lowest BCUT2D eigenvalue weighted by atomic mass is 9.94. The fourth-order valence-corrected chi connectivity index (χ4v) is 4.21. The Bertz CT molecular complexity index is 660. The molecule has 2 nitrogen and oxygen atoms in total. The molecule has 2 heterocycles. The number of nitrogens with zero attached hydrogens (tertiary/aromatic N) is 2. The van der Waals surface area contributed by atoms with E-state index in [4.69, 9.17) is 16.6 Å². The normalized spacial score (nSPS) is 18.1. The standard InChI is InChI=1S/C16H19ClN2S/c1-10-11(6-5-7-12(10)17)15-18-13-8-9-19(4)16(2,3)14(13)20-15/h5-7H,8-9H2,1-4H3. The average molecular weight is 307 g/mol. The minimum Gasteiger partial charge on any atom is -0.296 e. The first-order valence-corrected chi connectivity index (χ1v) is 8.07. The Morgan fingerprint density at radius 3 is 2.85 bits per heavy atom. The number of hydrogen-bond donors (Lipinski definition) is 0. The Balaban J connectivity index is 2.13. The summed E-state index contributed by atoms with van der Waals surface area (Å²) in [6.07, 6.45) is 1.03. The van der Waals surface area contributed by atoms with Crippen LogP contribution in [0.25, 0.3) is 10.6 Å². The number of aromatic nitrogens is 1. The van der Waals surface area contributed by atoms with Gasteiger partial charge in [0, 0.05) is 28.4 Å². The summed E-state index contributed by atoms with van der Waals surface area (Å²) in [6.45, 7) is 7.68. The predicted molar refractivity (Wildman–Crippen MR) is 86.7 cm³/mol. The lowest BCUT2D eigenvalue weighted by molar-refractivity contribution is 0.147. The first kappa shape index (κ1) is 14.1. The molecule has 0 bridgehead atoms. The summed E-state index contributed by atoms with van der Waals surface area (Å²) in [7, 11) is 2.19. The first-order chi connectivity index (χ1) is 9.41. The molecule has 1 aliphatic rings. The Kier molecular flexibility index (Phi) is 3.39. The number of likely N-dealkylation sites (N-methyl/N-ethyl adjacent to an activating group) is 1. The highest BCUT2D eigenvalue weighted by molar-refractivity contribution is 7.15. The van der Waals surface area contributed by atoms with E-state index in [1.807, 2.05) is 23.5 Å². The molecule has 4 heteroatoms. The SMILES string of the molecule is Cc1c(Cl)cccc1-c1nc2c(s1)C(C)(C)N(C)CC2. The molecule has 3 rings (SSSR count). The van der Waals surface area contributed by atoms with Crippen LogP contribution in [0.3, 0.4) is 0 Å². The second-order valence-electron chi connectivity index (χ2n) is 5.94. The quantitative estimate of drug-likeness (QED) is 0.771. The topological polar surface area (TPSA) is 16.1 Å². The van der Waals surface area contributed by atoms with E-state index in [0.29, 0.717) is 0 Å². The average Bonchev–Trinajstić information content (AvgIpc) is 2.83. The summed E-state index contributed by atoms with van der Waals surface area (Å²) in [5, 5.41) is 1.91. The van der Waals surface area contributed by atoms with Crippen molar-refractivity contribution >= 4 is 22.9 Å². The summed E-state index contributed by atoms with van der Waals surface area (Å²) >= 11 is 8.05.